The molecule has 1 aromatic carbocycles. The van der Waals surface area contributed by atoms with Gasteiger partial charge in [-0.1, -0.05) is 11.6 Å². The summed E-state index contributed by atoms with van der Waals surface area (Å²) in [4.78, 5) is 29.1. The van der Waals surface area contributed by atoms with Crippen LogP contribution in [0.15, 0.2) is 27.7 Å². The number of nitrogens with one attached hydrogen (secondary N) is 1. The molecule has 6 nitrogen and oxygen atoms in total. The number of fused-ring (bicyclic) bond motifs is 1. The van der Waals surface area contributed by atoms with Crippen molar-refractivity contribution in [3.63, 3.8) is 0 Å². The molecule has 1 saturated heterocycles. The van der Waals surface area contributed by atoms with Gasteiger partial charge in [0.25, 0.3) is 5.56 Å². The molecular formula is C16H18BrClN4O2. The quantitative estimate of drug-likeness (QED) is 0.798. The minimum absolute atomic E-state index is 0.0135. The van der Waals surface area contributed by atoms with Gasteiger partial charge in [-0.25, -0.2) is 4.98 Å². The molecular weight excluding hydrogens is 396 g/mol. The summed E-state index contributed by atoms with van der Waals surface area (Å²) in [5.74, 6) is -0.0451. The van der Waals surface area contributed by atoms with Crippen LogP contribution >= 0.6 is 27.5 Å². The van der Waals surface area contributed by atoms with Crippen LogP contribution in [0.4, 0.5) is 0 Å². The van der Waals surface area contributed by atoms with E-state index in [9.17, 15) is 9.59 Å². The number of carbonyl (C=O) groups excluding carboxylic acids is 1. The van der Waals surface area contributed by atoms with Gasteiger partial charge in [-0.05, 0) is 47.4 Å². The summed E-state index contributed by atoms with van der Waals surface area (Å²) in [6.07, 6.45) is 3.65. The lowest BCUT2D eigenvalue weighted by Crippen LogP contribution is -2.50. The lowest BCUT2D eigenvalue weighted by Gasteiger charge is -2.29. The molecule has 0 radical (unpaired) electrons. The van der Waals surface area contributed by atoms with Crippen LogP contribution in [0.3, 0.4) is 0 Å². The van der Waals surface area contributed by atoms with Crippen molar-refractivity contribution in [2.24, 2.45) is 5.73 Å². The summed E-state index contributed by atoms with van der Waals surface area (Å²) in [6.45, 7) is 0.858. The minimum atomic E-state index is -0.274. The number of hydrogen-bond donors (Lipinski definition) is 2. The van der Waals surface area contributed by atoms with E-state index < -0.39 is 0 Å². The summed E-state index contributed by atoms with van der Waals surface area (Å²) < 4.78 is 2.00. The standard InChI is InChI=1S/C16H18BrClN4O2/c17-11-6-14-10(5-12(11)18)16(24)22(8-21-14)7-9(23)4-15-13(19)2-1-3-20-15/h5-6,8,13,15,20H,1-4,7,19H2/t13-,15+/m1/s1. The Balaban J connectivity index is 1.79. The molecule has 3 N–H and O–H groups in total. The molecule has 2 atom stereocenters. The molecule has 128 valence electrons. The largest absolute Gasteiger partial charge is 0.326 e. The highest BCUT2D eigenvalue weighted by Crippen LogP contribution is 2.25. The number of Topliss-reactive ketones (excluding diaryl/α,β-unsaturated/α-hetero) is 1. The second-order valence-corrected chi connectivity index (χ2v) is 7.33. The third-order valence-corrected chi connectivity index (χ3v) is 5.50. The Morgan fingerprint density at radius 2 is 2.29 bits per heavy atom. The number of carbonyl (C=O) groups is 1. The fourth-order valence-corrected chi connectivity index (χ4v) is 3.46. The molecule has 24 heavy (non-hydrogen) atoms. The number of aromatic nitrogens is 2. The first-order valence-electron chi connectivity index (χ1n) is 7.80. The predicted molar refractivity (Wildman–Crippen MR) is 97.3 cm³/mol. The van der Waals surface area contributed by atoms with Gasteiger partial charge in [-0.15, -0.1) is 0 Å². The fourth-order valence-electron chi connectivity index (χ4n) is 2.97. The average molecular weight is 414 g/mol. The number of hydrogen-bond acceptors (Lipinski definition) is 5. The monoisotopic (exact) mass is 412 g/mol. The van der Waals surface area contributed by atoms with Crippen molar-refractivity contribution in [3.05, 3.63) is 38.3 Å². The van der Waals surface area contributed by atoms with E-state index in [1.165, 1.54) is 10.9 Å². The summed E-state index contributed by atoms with van der Waals surface area (Å²) in [6, 6.07) is 3.21. The number of nitrogens with zero attached hydrogens (tertiary/aromatic N) is 2. The smallest absolute Gasteiger partial charge is 0.261 e. The highest BCUT2D eigenvalue weighted by atomic mass is 79.9. The molecule has 0 saturated carbocycles. The lowest BCUT2D eigenvalue weighted by molar-refractivity contribution is -0.120. The normalized spacial score (nSPS) is 21.1. The average Bonchev–Trinajstić information content (AvgIpc) is 2.54. The third-order valence-electron chi connectivity index (χ3n) is 4.30. The molecule has 0 unspecified atom stereocenters. The molecule has 2 heterocycles. The van der Waals surface area contributed by atoms with Crippen molar-refractivity contribution in [2.75, 3.05) is 6.54 Å². The molecule has 3 rings (SSSR count). The lowest BCUT2D eigenvalue weighted by atomic mass is 9.95. The van der Waals surface area contributed by atoms with Gasteiger partial charge in [0.05, 0.1) is 28.8 Å². The van der Waals surface area contributed by atoms with E-state index >= 15 is 0 Å². The molecule has 1 fully saturated rings. The Labute approximate surface area is 152 Å². The summed E-state index contributed by atoms with van der Waals surface area (Å²) in [5.41, 5.74) is 6.30. The Hall–Kier alpha value is -1.28. The number of rotatable bonds is 4. The molecule has 1 aromatic heterocycles. The van der Waals surface area contributed by atoms with Crippen LogP contribution in [0.1, 0.15) is 19.3 Å². The molecule has 0 spiro atoms. The molecule has 0 bridgehead atoms. The zero-order chi connectivity index (χ0) is 17.3. The second-order valence-electron chi connectivity index (χ2n) is 6.07. The number of halogens is 2. The van der Waals surface area contributed by atoms with E-state index in [2.05, 4.69) is 26.2 Å². The van der Waals surface area contributed by atoms with Gasteiger partial charge in [0.15, 0.2) is 5.78 Å². The third kappa shape index (κ3) is 3.69. The van der Waals surface area contributed by atoms with Crippen LogP contribution in [-0.2, 0) is 11.3 Å². The van der Waals surface area contributed by atoms with Crippen LogP contribution in [0.2, 0.25) is 5.02 Å². The number of nitrogens with two attached hydrogens (primary N) is 1. The van der Waals surface area contributed by atoms with Crippen molar-refractivity contribution < 1.29 is 4.79 Å². The van der Waals surface area contributed by atoms with Crippen molar-refractivity contribution in [1.29, 1.82) is 0 Å². The van der Waals surface area contributed by atoms with Gasteiger partial charge in [0.1, 0.15) is 0 Å². The van der Waals surface area contributed by atoms with Crippen molar-refractivity contribution in [1.82, 2.24) is 14.9 Å². The molecule has 1 aliphatic heterocycles. The van der Waals surface area contributed by atoms with E-state index in [4.69, 9.17) is 17.3 Å². The van der Waals surface area contributed by atoms with Gasteiger partial charge in [-0.2, -0.15) is 0 Å². The van der Waals surface area contributed by atoms with Crippen LogP contribution in [-0.4, -0.2) is 34.0 Å². The van der Waals surface area contributed by atoms with E-state index in [0.717, 1.165) is 19.4 Å². The first kappa shape index (κ1) is 17.5. The first-order valence-corrected chi connectivity index (χ1v) is 8.97. The van der Waals surface area contributed by atoms with Gasteiger partial charge in [-0.3, -0.25) is 14.2 Å². The topological polar surface area (TPSA) is 90.0 Å². The number of benzene rings is 1. The van der Waals surface area contributed by atoms with Gasteiger partial charge in [0, 0.05) is 23.0 Å². The Kier molecular flexibility index (Phi) is 5.34. The number of ketones is 1. The highest BCUT2D eigenvalue weighted by molar-refractivity contribution is 9.10. The number of piperidine rings is 1. The maximum atomic E-state index is 12.5. The minimum Gasteiger partial charge on any atom is -0.326 e. The molecule has 0 amide bonds. The van der Waals surface area contributed by atoms with Crippen LogP contribution in [0, 0.1) is 0 Å². The van der Waals surface area contributed by atoms with E-state index in [-0.39, 0.29) is 30.0 Å². The predicted octanol–water partition coefficient (Wildman–Crippen LogP) is 1.85. The summed E-state index contributed by atoms with van der Waals surface area (Å²) >= 11 is 9.36. The summed E-state index contributed by atoms with van der Waals surface area (Å²) in [7, 11) is 0. The van der Waals surface area contributed by atoms with Gasteiger partial charge < -0.3 is 11.1 Å². The molecule has 0 aliphatic carbocycles. The van der Waals surface area contributed by atoms with E-state index in [0.29, 0.717) is 26.8 Å². The Morgan fingerprint density at radius 3 is 3.04 bits per heavy atom. The maximum Gasteiger partial charge on any atom is 0.261 e. The van der Waals surface area contributed by atoms with Crippen LogP contribution < -0.4 is 16.6 Å². The maximum absolute atomic E-state index is 12.5. The first-order chi connectivity index (χ1) is 11.5. The molecule has 1 aliphatic rings. The molecule has 2 aromatic rings. The SMILES string of the molecule is N[C@@H]1CCCN[C@H]1CC(=O)Cn1cnc2cc(Br)c(Cl)cc2c1=O. The fraction of sp³-hybridized carbons (Fsp3) is 0.438. The Bertz CT molecular complexity index is 839. The van der Waals surface area contributed by atoms with E-state index in [1.54, 1.807) is 12.1 Å². The van der Waals surface area contributed by atoms with Gasteiger partial charge in [0.2, 0.25) is 0 Å². The van der Waals surface area contributed by atoms with Crippen LogP contribution in [0.25, 0.3) is 10.9 Å². The van der Waals surface area contributed by atoms with Gasteiger partial charge >= 0.3 is 0 Å². The van der Waals surface area contributed by atoms with E-state index in [1.807, 2.05) is 0 Å². The van der Waals surface area contributed by atoms with Crippen molar-refractivity contribution >= 4 is 44.2 Å². The zero-order valence-corrected chi connectivity index (χ0v) is 15.3. The zero-order valence-electron chi connectivity index (χ0n) is 13.0. The highest BCUT2D eigenvalue weighted by Gasteiger charge is 2.23. The Morgan fingerprint density at radius 1 is 1.50 bits per heavy atom. The van der Waals surface area contributed by atoms with Crippen molar-refractivity contribution in [3.8, 4) is 0 Å². The van der Waals surface area contributed by atoms with Crippen molar-refractivity contribution in [2.45, 2.75) is 37.9 Å². The van der Waals surface area contributed by atoms with Crippen LogP contribution in [0.5, 0.6) is 0 Å². The molecule has 8 heteroatoms. The summed E-state index contributed by atoms with van der Waals surface area (Å²) in [5, 5.41) is 4.10. The second kappa shape index (κ2) is 7.31.